The third kappa shape index (κ3) is 3.95. The molecule has 0 aromatic rings. The van der Waals surface area contributed by atoms with E-state index in [1.165, 1.54) is 37.2 Å². The van der Waals surface area contributed by atoms with E-state index in [4.69, 9.17) is 4.74 Å². The lowest BCUT2D eigenvalue weighted by molar-refractivity contribution is -0.0936. The molecule has 0 radical (unpaired) electrons. The zero-order chi connectivity index (χ0) is 15.5. The highest BCUT2D eigenvalue weighted by molar-refractivity contribution is 7.99. The Morgan fingerprint density at radius 1 is 1.43 bits per heavy atom. The predicted molar refractivity (Wildman–Crippen MR) is 93.2 cm³/mol. The SMILES string of the molecule is CCCNC(C1CCOC2(CCSC2)C1)C(C)(C)N(C)C. The van der Waals surface area contributed by atoms with Gasteiger partial charge >= 0.3 is 0 Å². The number of hydrogen-bond donors (Lipinski definition) is 1. The van der Waals surface area contributed by atoms with Crippen LogP contribution in [-0.2, 0) is 4.74 Å². The summed E-state index contributed by atoms with van der Waals surface area (Å²) in [6, 6.07) is 0.541. The molecule has 1 N–H and O–H groups in total. The first-order valence-electron chi connectivity index (χ1n) is 8.54. The molecule has 0 saturated carbocycles. The van der Waals surface area contributed by atoms with E-state index in [0.29, 0.717) is 6.04 Å². The minimum atomic E-state index is 0.171. The molecule has 21 heavy (non-hydrogen) atoms. The second-order valence-corrected chi connectivity index (χ2v) is 8.67. The fourth-order valence-corrected chi connectivity index (χ4v) is 5.16. The predicted octanol–water partition coefficient (Wildman–Crippen LogP) is 3.00. The lowest BCUT2D eigenvalue weighted by Crippen LogP contribution is -2.60. The van der Waals surface area contributed by atoms with E-state index in [9.17, 15) is 0 Å². The first-order chi connectivity index (χ1) is 9.91. The Bertz CT molecular complexity index is 327. The van der Waals surface area contributed by atoms with Gasteiger partial charge in [0.2, 0.25) is 0 Å². The normalized spacial score (nSPS) is 32.0. The Kier molecular flexibility index (Phi) is 6.03. The fraction of sp³-hybridized carbons (Fsp3) is 1.00. The third-order valence-corrected chi connectivity index (χ3v) is 6.82. The standard InChI is InChI=1S/C17H34N2OS/c1-6-9-18-15(16(2,3)19(4)5)14-7-10-20-17(12-14)8-11-21-13-17/h14-15,18H,6-13H2,1-5H3. The van der Waals surface area contributed by atoms with E-state index in [1.807, 2.05) is 0 Å². The molecule has 3 unspecified atom stereocenters. The summed E-state index contributed by atoms with van der Waals surface area (Å²) in [6.07, 6.45) is 4.88. The summed E-state index contributed by atoms with van der Waals surface area (Å²) < 4.78 is 6.22. The number of nitrogens with zero attached hydrogens (tertiary/aromatic N) is 1. The largest absolute Gasteiger partial charge is 0.374 e. The fourth-order valence-electron chi connectivity index (χ4n) is 3.78. The number of nitrogens with one attached hydrogen (secondary N) is 1. The molecule has 3 nitrogen and oxygen atoms in total. The van der Waals surface area contributed by atoms with E-state index in [0.717, 1.165) is 19.1 Å². The van der Waals surface area contributed by atoms with Crippen LogP contribution in [0.25, 0.3) is 0 Å². The molecule has 2 aliphatic rings. The molecule has 0 aliphatic carbocycles. The lowest BCUT2D eigenvalue weighted by atomic mass is 9.74. The number of hydrogen-bond acceptors (Lipinski definition) is 4. The van der Waals surface area contributed by atoms with Crippen molar-refractivity contribution < 1.29 is 4.74 Å². The van der Waals surface area contributed by atoms with E-state index >= 15 is 0 Å². The molecule has 124 valence electrons. The van der Waals surface area contributed by atoms with Gasteiger partial charge in [-0.1, -0.05) is 6.92 Å². The first kappa shape index (κ1) is 17.6. The molecule has 0 aromatic heterocycles. The van der Waals surface area contributed by atoms with Crippen LogP contribution in [0.5, 0.6) is 0 Å². The Balaban J connectivity index is 2.11. The van der Waals surface area contributed by atoms with Gasteiger partial charge in [-0.3, -0.25) is 0 Å². The van der Waals surface area contributed by atoms with Crippen molar-refractivity contribution in [3.05, 3.63) is 0 Å². The Labute approximate surface area is 135 Å². The van der Waals surface area contributed by atoms with Crippen LogP contribution >= 0.6 is 11.8 Å². The molecular weight excluding hydrogens is 280 g/mol. The van der Waals surface area contributed by atoms with E-state index < -0.39 is 0 Å². The lowest BCUT2D eigenvalue weighted by Gasteiger charge is -2.48. The summed E-state index contributed by atoms with van der Waals surface area (Å²) in [5.74, 6) is 3.20. The van der Waals surface area contributed by atoms with E-state index in [-0.39, 0.29) is 11.1 Å². The van der Waals surface area contributed by atoms with Crippen LogP contribution in [0.2, 0.25) is 0 Å². The molecule has 2 aliphatic heterocycles. The minimum absolute atomic E-state index is 0.171. The summed E-state index contributed by atoms with van der Waals surface area (Å²) in [5.41, 5.74) is 0.353. The molecule has 2 heterocycles. The summed E-state index contributed by atoms with van der Waals surface area (Å²) in [6.45, 7) is 9.07. The number of rotatable bonds is 6. The van der Waals surface area contributed by atoms with Gasteiger partial charge in [0, 0.05) is 23.9 Å². The maximum atomic E-state index is 6.22. The van der Waals surface area contributed by atoms with Gasteiger partial charge < -0.3 is 15.0 Å². The van der Waals surface area contributed by atoms with Crippen molar-refractivity contribution in [2.24, 2.45) is 5.92 Å². The molecule has 0 bridgehead atoms. The Hall–Kier alpha value is 0.230. The second kappa shape index (κ2) is 7.20. The van der Waals surface area contributed by atoms with E-state index in [2.05, 4.69) is 56.8 Å². The van der Waals surface area contributed by atoms with E-state index in [1.54, 1.807) is 0 Å². The number of thioether (sulfide) groups is 1. The van der Waals surface area contributed by atoms with Crippen LogP contribution < -0.4 is 5.32 Å². The molecule has 2 fully saturated rings. The van der Waals surface area contributed by atoms with Crippen molar-refractivity contribution >= 4 is 11.8 Å². The number of ether oxygens (including phenoxy) is 1. The average Bonchev–Trinajstić information content (AvgIpc) is 2.87. The molecule has 4 heteroatoms. The van der Waals surface area contributed by atoms with Crippen LogP contribution in [0.3, 0.4) is 0 Å². The zero-order valence-electron chi connectivity index (χ0n) is 14.6. The monoisotopic (exact) mass is 314 g/mol. The van der Waals surface area contributed by atoms with Gasteiger partial charge in [0.15, 0.2) is 0 Å². The maximum absolute atomic E-state index is 6.22. The highest BCUT2D eigenvalue weighted by Gasteiger charge is 2.46. The van der Waals surface area contributed by atoms with Crippen molar-refractivity contribution in [2.75, 3.05) is 38.8 Å². The molecule has 2 rings (SSSR count). The summed E-state index contributed by atoms with van der Waals surface area (Å²) in [5, 5.41) is 3.86. The van der Waals surface area contributed by atoms with Crippen molar-refractivity contribution in [3.8, 4) is 0 Å². The zero-order valence-corrected chi connectivity index (χ0v) is 15.4. The molecule has 1 spiro atoms. The Morgan fingerprint density at radius 3 is 2.76 bits per heavy atom. The number of likely N-dealkylation sites (N-methyl/N-ethyl adjacent to an activating group) is 1. The highest BCUT2D eigenvalue weighted by Crippen LogP contribution is 2.43. The Morgan fingerprint density at radius 2 is 2.19 bits per heavy atom. The summed E-state index contributed by atoms with van der Waals surface area (Å²) in [7, 11) is 4.42. The quantitative estimate of drug-likeness (QED) is 0.814. The van der Waals surface area contributed by atoms with Crippen LogP contribution in [0.1, 0.15) is 46.5 Å². The van der Waals surface area contributed by atoms with Gasteiger partial charge in [-0.2, -0.15) is 11.8 Å². The van der Waals surface area contributed by atoms with Crippen LogP contribution in [0, 0.1) is 5.92 Å². The van der Waals surface area contributed by atoms with Crippen LogP contribution in [0.4, 0.5) is 0 Å². The minimum Gasteiger partial charge on any atom is -0.374 e. The van der Waals surface area contributed by atoms with Crippen LogP contribution in [0.15, 0.2) is 0 Å². The van der Waals surface area contributed by atoms with Gasteiger partial charge in [0.25, 0.3) is 0 Å². The van der Waals surface area contributed by atoms with Gasteiger partial charge in [-0.05, 0) is 71.8 Å². The van der Waals surface area contributed by atoms with Gasteiger partial charge in [-0.25, -0.2) is 0 Å². The second-order valence-electron chi connectivity index (χ2n) is 7.57. The van der Waals surface area contributed by atoms with Gasteiger partial charge in [0.05, 0.1) is 5.60 Å². The molecule has 0 amide bonds. The van der Waals surface area contributed by atoms with Crippen molar-refractivity contribution in [2.45, 2.75) is 63.6 Å². The maximum Gasteiger partial charge on any atom is 0.0783 e. The summed E-state index contributed by atoms with van der Waals surface area (Å²) in [4.78, 5) is 2.38. The van der Waals surface area contributed by atoms with Crippen molar-refractivity contribution in [3.63, 3.8) is 0 Å². The first-order valence-corrected chi connectivity index (χ1v) is 9.69. The van der Waals surface area contributed by atoms with Crippen molar-refractivity contribution in [1.82, 2.24) is 10.2 Å². The van der Waals surface area contributed by atoms with Gasteiger partial charge in [0.1, 0.15) is 0 Å². The van der Waals surface area contributed by atoms with Gasteiger partial charge in [-0.15, -0.1) is 0 Å². The topological polar surface area (TPSA) is 24.5 Å². The average molecular weight is 315 g/mol. The summed E-state index contributed by atoms with van der Waals surface area (Å²) >= 11 is 2.07. The smallest absolute Gasteiger partial charge is 0.0783 e. The third-order valence-electron chi connectivity index (χ3n) is 5.60. The molecule has 0 aromatic carbocycles. The molecular formula is C17H34N2OS. The molecule has 2 saturated heterocycles. The van der Waals surface area contributed by atoms with Crippen LogP contribution in [-0.4, -0.2) is 60.8 Å². The highest BCUT2D eigenvalue weighted by atomic mass is 32.2. The van der Waals surface area contributed by atoms with Crippen molar-refractivity contribution in [1.29, 1.82) is 0 Å². The molecule has 3 atom stereocenters.